The van der Waals surface area contributed by atoms with E-state index in [4.69, 9.17) is 4.74 Å². The lowest BCUT2D eigenvalue weighted by molar-refractivity contribution is 0.0775. The number of piperidine rings is 1. The monoisotopic (exact) mass is 423 g/mol. The number of aliphatic hydroxyl groups is 2. The topological polar surface area (TPSA) is 87.0 Å². The molecule has 7 nitrogen and oxygen atoms in total. The largest absolute Gasteiger partial charge is 0.497 e. The summed E-state index contributed by atoms with van der Waals surface area (Å²) in [6.45, 7) is 1.72. The highest BCUT2D eigenvalue weighted by molar-refractivity contribution is 5.93. The minimum Gasteiger partial charge on any atom is -0.497 e. The Morgan fingerprint density at radius 2 is 1.87 bits per heavy atom. The third-order valence-electron chi connectivity index (χ3n) is 5.94. The van der Waals surface area contributed by atoms with Gasteiger partial charge in [0.25, 0.3) is 0 Å². The number of aromatic nitrogens is 1. The number of nitrogens with zero attached hydrogens (tertiary/aromatic N) is 2. The summed E-state index contributed by atoms with van der Waals surface area (Å²) in [7, 11) is 1.66. The first-order valence-corrected chi connectivity index (χ1v) is 10.6. The van der Waals surface area contributed by atoms with Crippen LogP contribution in [0.4, 0.5) is 10.5 Å². The number of rotatable bonds is 6. The molecule has 3 aromatic rings. The molecule has 2 aromatic carbocycles. The van der Waals surface area contributed by atoms with Crippen LogP contribution < -0.4 is 10.1 Å². The van der Waals surface area contributed by atoms with Crippen molar-refractivity contribution in [3.8, 4) is 5.75 Å². The molecule has 3 N–H and O–H groups in total. The van der Waals surface area contributed by atoms with E-state index < -0.39 is 0 Å². The van der Waals surface area contributed by atoms with Crippen molar-refractivity contribution in [2.45, 2.75) is 13.0 Å². The van der Waals surface area contributed by atoms with E-state index in [9.17, 15) is 15.0 Å². The highest BCUT2D eigenvalue weighted by Crippen LogP contribution is 2.25. The number of anilines is 1. The molecule has 4 rings (SSSR count). The fourth-order valence-corrected chi connectivity index (χ4v) is 4.32. The normalized spacial score (nSPS) is 18.9. The molecule has 2 unspecified atom stereocenters. The molecule has 2 atom stereocenters. The Bertz CT molecular complexity index is 1040. The third-order valence-corrected chi connectivity index (χ3v) is 5.94. The van der Waals surface area contributed by atoms with Crippen LogP contribution in [0.2, 0.25) is 0 Å². The molecule has 1 aliphatic heterocycles. The summed E-state index contributed by atoms with van der Waals surface area (Å²) in [4.78, 5) is 14.5. The van der Waals surface area contributed by atoms with Crippen molar-refractivity contribution in [1.82, 2.24) is 9.47 Å². The van der Waals surface area contributed by atoms with Crippen LogP contribution in [0.5, 0.6) is 5.75 Å². The first-order valence-electron chi connectivity index (χ1n) is 10.6. The molecule has 1 fully saturated rings. The van der Waals surface area contributed by atoms with Gasteiger partial charge < -0.3 is 29.7 Å². The van der Waals surface area contributed by atoms with Gasteiger partial charge in [-0.3, -0.25) is 0 Å². The molecule has 164 valence electrons. The molecule has 0 bridgehead atoms. The van der Waals surface area contributed by atoms with Crippen LogP contribution >= 0.6 is 0 Å². The zero-order chi connectivity index (χ0) is 21.8. The Kier molecular flexibility index (Phi) is 6.44. The number of urea groups is 1. The van der Waals surface area contributed by atoms with Crippen molar-refractivity contribution in [2.24, 2.45) is 11.8 Å². The zero-order valence-corrected chi connectivity index (χ0v) is 17.7. The summed E-state index contributed by atoms with van der Waals surface area (Å²) in [6.07, 6.45) is 2.78. The minimum absolute atomic E-state index is 0.000717. The van der Waals surface area contributed by atoms with Gasteiger partial charge in [-0.1, -0.05) is 18.2 Å². The maximum Gasteiger partial charge on any atom is 0.321 e. The summed E-state index contributed by atoms with van der Waals surface area (Å²) in [5.74, 6) is 0.823. The van der Waals surface area contributed by atoms with Crippen molar-refractivity contribution < 1.29 is 19.7 Å². The maximum atomic E-state index is 12.8. The van der Waals surface area contributed by atoms with E-state index in [2.05, 4.69) is 22.0 Å². The molecule has 2 heterocycles. The van der Waals surface area contributed by atoms with E-state index in [1.165, 1.54) is 0 Å². The number of amides is 2. The van der Waals surface area contributed by atoms with Gasteiger partial charge in [0, 0.05) is 56.6 Å². The Morgan fingerprint density at radius 1 is 1.10 bits per heavy atom. The van der Waals surface area contributed by atoms with Crippen molar-refractivity contribution in [3.05, 3.63) is 60.3 Å². The predicted octanol–water partition coefficient (Wildman–Crippen LogP) is 3.15. The molecule has 2 amide bonds. The van der Waals surface area contributed by atoms with Gasteiger partial charge in [0.15, 0.2) is 0 Å². The van der Waals surface area contributed by atoms with Gasteiger partial charge in [-0.15, -0.1) is 0 Å². The molecule has 1 aromatic heterocycles. The molecule has 1 aliphatic rings. The second-order valence-corrected chi connectivity index (χ2v) is 8.24. The van der Waals surface area contributed by atoms with Gasteiger partial charge in [0.2, 0.25) is 0 Å². The van der Waals surface area contributed by atoms with Crippen LogP contribution in [0, 0.1) is 11.8 Å². The Balaban J connectivity index is 1.51. The Morgan fingerprint density at radius 3 is 2.58 bits per heavy atom. The summed E-state index contributed by atoms with van der Waals surface area (Å²) >= 11 is 0. The number of likely N-dealkylation sites (tertiary alicyclic amines) is 1. The molecule has 0 aliphatic carbocycles. The van der Waals surface area contributed by atoms with E-state index in [0.717, 1.165) is 34.3 Å². The lowest BCUT2D eigenvalue weighted by Gasteiger charge is -2.36. The maximum absolute atomic E-state index is 12.8. The molecule has 0 spiro atoms. The van der Waals surface area contributed by atoms with Gasteiger partial charge in [-0.05, 0) is 47.7 Å². The molecule has 7 heteroatoms. The highest BCUT2D eigenvalue weighted by atomic mass is 16.5. The lowest BCUT2D eigenvalue weighted by Crippen LogP contribution is -2.47. The smallest absolute Gasteiger partial charge is 0.321 e. The SMILES string of the molecule is COc1cccc(Cn2ccc3ccc(NC(=O)N4CC(CO)CC(CO)C4)cc32)c1. The number of nitrogens with one attached hydrogen (secondary N) is 1. The van der Waals surface area contributed by atoms with Gasteiger partial charge in [0.05, 0.1) is 12.6 Å². The van der Waals surface area contributed by atoms with Crippen LogP contribution in [0.1, 0.15) is 12.0 Å². The second kappa shape index (κ2) is 9.41. The number of carbonyl (C=O) groups excluding carboxylic acids is 1. The minimum atomic E-state index is -0.207. The summed E-state index contributed by atoms with van der Waals surface area (Å²) < 4.78 is 7.46. The number of carbonyl (C=O) groups is 1. The first-order chi connectivity index (χ1) is 15.1. The van der Waals surface area contributed by atoms with Crippen LogP contribution in [0.3, 0.4) is 0 Å². The number of aliphatic hydroxyl groups excluding tert-OH is 2. The van der Waals surface area contributed by atoms with E-state index in [-0.39, 0.29) is 31.1 Å². The van der Waals surface area contributed by atoms with Crippen LogP contribution in [0.15, 0.2) is 54.7 Å². The lowest BCUT2D eigenvalue weighted by atomic mass is 9.90. The van der Waals surface area contributed by atoms with E-state index in [1.807, 2.05) is 42.6 Å². The van der Waals surface area contributed by atoms with Gasteiger partial charge >= 0.3 is 6.03 Å². The molecule has 0 radical (unpaired) electrons. The van der Waals surface area contributed by atoms with Crippen LogP contribution in [-0.4, -0.2) is 59.1 Å². The fraction of sp³-hybridized carbons (Fsp3) is 0.375. The van der Waals surface area contributed by atoms with Gasteiger partial charge in [-0.25, -0.2) is 4.79 Å². The second-order valence-electron chi connectivity index (χ2n) is 8.24. The highest BCUT2D eigenvalue weighted by Gasteiger charge is 2.29. The average molecular weight is 424 g/mol. The summed E-state index contributed by atoms with van der Waals surface area (Å²) in [6, 6.07) is 15.7. The van der Waals surface area contributed by atoms with Crippen LogP contribution in [-0.2, 0) is 6.54 Å². The third kappa shape index (κ3) is 4.84. The molecular weight excluding hydrogens is 394 g/mol. The number of ether oxygens (including phenoxy) is 1. The van der Waals surface area contributed by atoms with Crippen molar-refractivity contribution >= 4 is 22.6 Å². The van der Waals surface area contributed by atoms with Gasteiger partial charge in [0.1, 0.15) is 5.75 Å². The summed E-state index contributed by atoms with van der Waals surface area (Å²) in [5.41, 5.74) is 2.88. The number of benzene rings is 2. The molecule has 31 heavy (non-hydrogen) atoms. The quantitative estimate of drug-likeness (QED) is 0.568. The standard InChI is InChI=1S/C24H29N3O4/c1-31-22-4-2-3-17(10-22)12-26-8-7-20-5-6-21(11-23(20)26)25-24(30)27-13-18(15-28)9-19(14-27)16-29/h2-8,10-11,18-19,28-29H,9,12-16H2,1H3,(H,25,30). The van der Waals surface area contributed by atoms with Gasteiger partial charge in [-0.2, -0.15) is 0 Å². The number of hydrogen-bond acceptors (Lipinski definition) is 4. The Hall–Kier alpha value is -3.03. The average Bonchev–Trinajstić information content (AvgIpc) is 3.20. The molecule has 0 saturated carbocycles. The summed E-state index contributed by atoms with van der Waals surface area (Å²) in [5, 5.41) is 23.1. The number of hydrogen-bond donors (Lipinski definition) is 3. The Labute approximate surface area is 181 Å². The van der Waals surface area contributed by atoms with Crippen molar-refractivity contribution in [3.63, 3.8) is 0 Å². The van der Waals surface area contributed by atoms with E-state index in [0.29, 0.717) is 19.6 Å². The molecular formula is C24H29N3O4. The van der Waals surface area contributed by atoms with E-state index in [1.54, 1.807) is 12.0 Å². The number of methoxy groups -OCH3 is 1. The molecule has 1 saturated heterocycles. The first kappa shape index (κ1) is 21.2. The number of fused-ring (bicyclic) bond motifs is 1. The fourth-order valence-electron chi connectivity index (χ4n) is 4.32. The zero-order valence-electron chi connectivity index (χ0n) is 17.7. The van der Waals surface area contributed by atoms with Crippen molar-refractivity contribution in [1.29, 1.82) is 0 Å². The van der Waals surface area contributed by atoms with E-state index >= 15 is 0 Å². The van der Waals surface area contributed by atoms with Crippen LogP contribution in [0.25, 0.3) is 10.9 Å². The predicted molar refractivity (Wildman–Crippen MR) is 120 cm³/mol. The van der Waals surface area contributed by atoms with Crippen molar-refractivity contribution in [2.75, 3.05) is 38.7 Å².